The highest BCUT2D eigenvalue weighted by Gasteiger charge is 2.56. The van der Waals surface area contributed by atoms with E-state index >= 15 is 0 Å². The maximum atomic E-state index is 9.31. The second-order valence-corrected chi connectivity index (χ2v) is 5.70. The summed E-state index contributed by atoms with van der Waals surface area (Å²) in [6.07, 6.45) is 1.12. The zero-order valence-electron chi connectivity index (χ0n) is 9.20. The van der Waals surface area contributed by atoms with Gasteiger partial charge in [0.25, 0.3) is 0 Å². The van der Waals surface area contributed by atoms with Gasteiger partial charge in [0.2, 0.25) is 0 Å². The molecule has 0 spiro atoms. The Morgan fingerprint density at radius 3 is 2.73 bits per heavy atom. The number of rotatable bonds is 3. The van der Waals surface area contributed by atoms with Gasteiger partial charge in [0.1, 0.15) is 0 Å². The van der Waals surface area contributed by atoms with Crippen molar-refractivity contribution in [1.82, 2.24) is 0 Å². The van der Waals surface area contributed by atoms with Crippen LogP contribution in [0.15, 0.2) is 28.7 Å². The van der Waals surface area contributed by atoms with Crippen molar-refractivity contribution in [1.29, 1.82) is 0 Å². The van der Waals surface area contributed by atoms with E-state index in [0.29, 0.717) is 18.4 Å². The van der Waals surface area contributed by atoms with Crippen LogP contribution in [0.3, 0.4) is 0 Å². The Hall–Kier alpha value is -0.340. The fraction of sp³-hybridized carbons (Fsp3) is 0.538. The fourth-order valence-corrected chi connectivity index (χ4v) is 3.15. The first kappa shape index (κ1) is 11.2. The molecular formula is C13H17BrO. The van der Waals surface area contributed by atoms with Gasteiger partial charge >= 0.3 is 0 Å². The molecule has 0 saturated heterocycles. The van der Waals surface area contributed by atoms with Crippen LogP contribution in [0, 0.1) is 11.8 Å². The molecule has 2 unspecified atom stereocenters. The first-order valence-corrected chi connectivity index (χ1v) is 6.27. The second-order valence-electron chi connectivity index (χ2n) is 4.79. The van der Waals surface area contributed by atoms with Crippen molar-refractivity contribution in [2.45, 2.75) is 25.7 Å². The van der Waals surface area contributed by atoms with Crippen LogP contribution < -0.4 is 0 Å². The lowest BCUT2D eigenvalue weighted by atomic mass is 9.83. The topological polar surface area (TPSA) is 20.2 Å². The van der Waals surface area contributed by atoms with Gasteiger partial charge in [-0.2, -0.15) is 0 Å². The molecular weight excluding hydrogens is 252 g/mol. The van der Waals surface area contributed by atoms with Crippen molar-refractivity contribution in [2.24, 2.45) is 11.8 Å². The Morgan fingerprint density at radius 2 is 2.27 bits per heavy atom. The third-order valence-corrected chi connectivity index (χ3v) is 4.26. The standard InChI is InChI=1S/C13H17BrO/c1-9(2)13(7-11(13)8-15)10-4-3-5-12(14)6-10/h3-6,9,11,15H,7-8H2,1-2H3. The minimum atomic E-state index is 0.221. The molecule has 2 rings (SSSR count). The Balaban J connectivity index is 2.36. The van der Waals surface area contributed by atoms with E-state index in [1.807, 2.05) is 6.07 Å². The summed E-state index contributed by atoms with van der Waals surface area (Å²) in [6.45, 7) is 4.80. The van der Waals surface area contributed by atoms with Crippen LogP contribution in [-0.2, 0) is 5.41 Å². The van der Waals surface area contributed by atoms with Crippen LogP contribution in [0.5, 0.6) is 0 Å². The highest BCUT2D eigenvalue weighted by atomic mass is 79.9. The van der Waals surface area contributed by atoms with Gasteiger partial charge in [0.15, 0.2) is 0 Å². The summed E-state index contributed by atoms with van der Waals surface area (Å²) in [5, 5.41) is 9.31. The van der Waals surface area contributed by atoms with E-state index in [9.17, 15) is 5.11 Å². The number of halogens is 1. The molecule has 2 atom stereocenters. The summed E-state index contributed by atoms with van der Waals surface area (Å²) in [7, 11) is 0. The monoisotopic (exact) mass is 268 g/mol. The maximum Gasteiger partial charge on any atom is 0.0468 e. The molecule has 1 N–H and O–H groups in total. The largest absolute Gasteiger partial charge is 0.396 e. The number of hydrogen-bond donors (Lipinski definition) is 1. The number of aliphatic hydroxyl groups is 1. The summed E-state index contributed by atoms with van der Waals surface area (Å²) < 4.78 is 1.13. The molecule has 1 aliphatic rings. The second kappa shape index (κ2) is 3.91. The van der Waals surface area contributed by atoms with Gasteiger partial charge in [-0.3, -0.25) is 0 Å². The minimum absolute atomic E-state index is 0.221. The molecule has 15 heavy (non-hydrogen) atoms. The molecule has 2 heteroatoms. The van der Waals surface area contributed by atoms with Crippen LogP contribution in [0.1, 0.15) is 25.8 Å². The van der Waals surface area contributed by atoms with E-state index in [1.165, 1.54) is 5.56 Å². The zero-order chi connectivity index (χ0) is 11.1. The van der Waals surface area contributed by atoms with Gasteiger partial charge in [-0.15, -0.1) is 0 Å². The smallest absolute Gasteiger partial charge is 0.0468 e. The molecule has 1 nitrogen and oxygen atoms in total. The van der Waals surface area contributed by atoms with Gasteiger partial charge in [0, 0.05) is 16.5 Å². The Morgan fingerprint density at radius 1 is 1.53 bits per heavy atom. The van der Waals surface area contributed by atoms with Crippen LogP contribution in [-0.4, -0.2) is 11.7 Å². The maximum absolute atomic E-state index is 9.31. The lowest BCUT2D eigenvalue weighted by Crippen LogP contribution is -2.19. The van der Waals surface area contributed by atoms with Gasteiger partial charge in [-0.05, 0) is 36.0 Å². The molecule has 0 aromatic heterocycles. The quantitative estimate of drug-likeness (QED) is 0.892. The minimum Gasteiger partial charge on any atom is -0.396 e. The van der Waals surface area contributed by atoms with Crippen molar-refractivity contribution in [3.8, 4) is 0 Å². The lowest BCUT2D eigenvalue weighted by Gasteiger charge is -2.22. The van der Waals surface area contributed by atoms with Gasteiger partial charge in [0.05, 0.1) is 0 Å². The average molecular weight is 269 g/mol. The van der Waals surface area contributed by atoms with Crippen molar-refractivity contribution in [3.05, 3.63) is 34.3 Å². The molecule has 82 valence electrons. The molecule has 0 heterocycles. The summed E-state index contributed by atoms with van der Waals surface area (Å²) in [5.74, 6) is 1.04. The number of aliphatic hydroxyl groups excluding tert-OH is 1. The van der Waals surface area contributed by atoms with E-state index in [1.54, 1.807) is 0 Å². The van der Waals surface area contributed by atoms with Gasteiger partial charge in [-0.1, -0.05) is 41.9 Å². The van der Waals surface area contributed by atoms with E-state index in [2.05, 4.69) is 48.0 Å². The molecule has 0 bridgehead atoms. The van der Waals surface area contributed by atoms with Crippen molar-refractivity contribution < 1.29 is 5.11 Å². The summed E-state index contributed by atoms with van der Waals surface area (Å²) in [6, 6.07) is 8.50. The summed E-state index contributed by atoms with van der Waals surface area (Å²) in [5.41, 5.74) is 1.59. The Kier molecular flexibility index (Phi) is 2.91. The molecule has 1 aromatic rings. The molecule has 0 amide bonds. The lowest BCUT2D eigenvalue weighted by molar-refractivity contribution is 0.252. The summed E-state index contributed by atoms with van der Waals surface area (Å²) in [4.78, 5) is 0. The van der Waals surface area contributed by atoms with E-state index in [0.717, 1.165) is 10.9 Å². The Labute approximate surface area is 99.6 Å². The van der Waals surface area contributed by atoms with Crippen LogP contribution >= 0.6 is 15.9 Å². The van der Waals surface area contributed by atoms with E-state index in [-0.39, 0.29) is 5.41 Å². The van der Waals surface area contributed by atoms with E-state index < -0.39 is 0 Å². The van der Waals surface area contributed by atoms with Crippen LogP contribution in [0.25, 0.3) is 0 Å². The molecule has 1 saturated carbocycles. The van der Waals surface area contributed by atoms with Gasteiger partial charge in [-0.25, -0.2) is 0 Å². The molecule has 0 radical (unpaired) electrons. The molecule has 1 fully saturated rings. The highest BCUT2D eigenvalue weighted by molar-refractivity contribution is 9.10. The SMILES string of the molecule is CC(C)C1(c2cccc(Br)c2)CC1CO. The number of hydrogen-bond acceptors (Lipinski definition) is 1. The van der Waals surface area contributed by atoms with E-state index in [4.69, 9.17) is 0 Å². The zero-order valence-corrected chi connectivity index (χ0v) is 10.8. The van der Waals surface area contributed by atoms with Gasteiger partial charge < -0.3 is 5.11 Å². The van der Waals surface area contributed by atoms with Crippen LogP contribution in [0.2, 0.25) is 0 Å². The molecule has 1 aromatic carbocycles. The third kappa shape index (κ3) is 1.74. The van der Waals surface area contributed by atoms with Crippen molar-refractivity contribution in [3.63, 3.8) is 0 Å². The van der Waals surface area contributed by atoms with Crippen molar-refractivity contribution >= 4 is 15.9 Å². The van der Waals surface area contributed by atoms with Crippen LogP contribution in [0.4, 0.5) is 0 Å². The fourth-order valence-electron chi connectivity index (χ4n) is 2.75. The Bertz CT molecular complexity index is 361. The predicted octanol–water partition coefficient (Wildman–Crippen LogP) is 3.36. The number of benzene rings is 1. The predicted molar refractivity (Wildman–Crippen MR) is 65.9 cm³/mol. The highest BCUT2D eigenvalue weighted by Crippen LogP contribution is 2.59. The third-order valence-electron chi connectivity index (χ3n) is 3.77. The first-order valence-electron chi connectivity index (χ1n) is 5.48. The normalized spacial score (nSPS) is 29.5. The average Bonchev–Trinajstić information content (AvgIpc) is 2.93. The molecule has 0 aliphatic heterocycles. The molecule has 1 aliphatic carbocycles. The first-order chi connectivity index (χ1) is 7.11. The summed E-state index contributed by atoms with van der Waals surface area (Å²) >= 11 is 3.51. The van der Waals surface area contributed by atoms with Crippen molar-refractivity contribution in [2.75, 3.05) is 6.61 Å².